The number of hydrogen-bond donors (Lipinski definition) is 0. The Hall–Kier alpha value is -2.55. The van der Waals surface area contributed by atoms with Gasteiger partial charge in [-0.15, -0.1) is 0 Å². The molecule has 0 saturated heterocycles. The van der Waals surface area contributed by atoms with Gasteiger partial charge in [-0.3, -0.25) is 0 Å². The summed E-state index contributed by atoms with van der Waals surface area (Å²) >= 11 is -2.41. The molecule has 0 bridgehead atoms. The fourth-order valence-electron chi connectivity index (χ4n) is 8.52. The van der Waals surface area contributed by atoms with Gasteiger partial charge < -0.3 is 0 Å². The molecule has 46 heavy (non-hydrogen) atoms. The van der Waals surface area contributed by atoms with E-state index < -0.39 is 26.6 Å². The normalized spacial score (nSPS) is 17.0. The van der Waals surface area contributed by atoms with Gasteiger partial charge in [-0.1, -0.05) is 0 Å². The van der Waals surface area contributed by atoms with Crippen molar-refractivity contribution in [2.24, 2.45) is 0 Å². The Morgan fingerprint density at radius 2 is 0.935 bits per heavy atom. The summed E-state index contributed by atoms with van der Waals surface area (Å²) < 4.78 is 1.39. The zero-order valence-electron chi connectivity index (χ0n) is 29.5. The van der Waals surface area contributed by atoms with Gasteiger partial charge in [0.1, 0.15) is 0 Å². The van der Waals surface area contributed by atoms with Crippen LogP contribution in [-0.2, 0) is 20.6 Å². The molecule has 4 aromatic carbocycles. The van der Waals surface area contributed by atoms with E-state index in [4.69, 9.17) is 0 Å². The van der Waals surface area contributed by atoms with Crippen molar-refractivity contribution < 1.29 is 20.6 Å². The summed E-state index contributed by atoms with van der Waals surface area (Å²) in [6, 6.07) is 33.0. The molecular formula is C44H53HfSi. The summed E-state index contributed by atoms with van der Waals surface area (Å²) in [4.78, 5) is 0. The molecule has 237 valence electrons. The minimum absolute atomic E-state index is 0.505. The Morgan fingerprint density at radius 3 is 1.30 bits per heavy atom. The molecule has 2 unspecified atom stereocenters. The monoisotopic (exact) mass is 789 g/mol. The molecule has 0 aliphatic heterocycles. The van der Waals surface area contributed by atoms with Crippen LogP contribution >= 0.6 is 0 Å². The first-order valence-electron chi connectivity index (χ1n) is 18.0. The molecule has 6 rings (SSSR count). The van der Waals surface area contributed by atoms with Crippen molar-refractivity contribution in [1.29, 1.82) is 0 Å². The van der Waals surface area contributed by atoms with E-state index in [1.165, 1.54) is 59.1 Å². The first-order valence-corrected chi connectivity index (χ1v) is 31.2. The van der Waals surface area contributed by atoms with Gasteiger partial charge in [0, 0.05) is 0 Å². The maximum absolute atomic E-state index is 2.72. The van der Waals surface area contributed by atoms with E-state index >= 15 is 0 Å². The molecule has 0 saturated carbocycles. The summed E-state index contributed by atoms with van der Waals surface area (Å²) in [7, 11) is 0. The minimum atomic E-state index is -2.41. The molecule has 2 aliphatic carbocycles. The summed E-state index contributed by atoms with van der Waals surface area (Å²) in [6.45, 7) is 19.6. The summed E-state index contributed by atoms with van der Waals surface area (Å²) in [5, 5.41) is 0. The molecule has 0 spiro atoms. The number of rotatable bonds is 11. The molecule has 0 aromatic heterocycles. The van der Waals surface area contributed by atoms with Crippen LogP contribution in [0, 0.1) is 0 Å². The van der Waals surface area contributed by atoms with Crippen molar-refractivity contribution in [2.45, 2.75) is 99.5 Å². The van der Waals surface area contributed by atoms with E-state index in [0.29, 0.717) is 19.2 Å². The predicted molar refractivity (Wildman–Crippen MR) is 202 cm³/mol. The van der Waals surface area contributed by atoms with Crippen molar-refractivity contribution >= 4 is 18.1 Å². The topological polar surface area (TPSA) is 0 Å². The van der Waals surface area contributed by atoms with Gasteiger partial charge >= 0.3 is 290 Å². The second-order valence-corrected chi connectivity index (χ2v) is 42.5. The first kappa shape index (κ1) is 33.4. The van der Waals surface area contributed by atoms with Crippen molar-refractivity contribution in [3.8, 4) is 22.3 Å². The van der Waals surface area contributed by atoms with E-state index in [2.05, 4.69) is 152 Å². The van der Waals surface area contributed by atoms with Crippen LogP contribution in [0.25, 0.3) is 34.4 Å². The van der Waals surface area contributed by atoms with Crippen molar-refractivity contribution in [1.82, 2.24) is 0 Å². The first-order chi connectivity index (χ1) is 22.3. The van der Waals surface area contributed by atoms with Crippen molar-refractivity contribution in [3.63, 3.8) is 0 Å². The van der Waals surface area contributed by atoms with Crippen molar-refractivity contribution in [3.05, 3.63) is 129 Å². The zero-order valence-corrected chi connectivity index (χ0v) is 34.2. The zero-order chi connectivity index (χ0) is 32.5. The molecule has 0 amide bonds. The summed E-state index contributed by atoms with van der Waals surface area (Å²) in [6.07, 6.45) is 10.3. The van der Waals surface area contributed by atoms with Crippen LogP contribution in [0.3, 0.4) is 0 Å². The van der Waals surface area contributed by atoms with Gasteiger partial charge in [0.25, 0.3) is 0 Å². The molecule has 2 heteroatoms. The third-order valence-corrected chi connectivity index (χ3v) is 41.3. The molecule has 0 nitrogen and oxygen atoms in total. The second kappa shape index (κ2) is 14.3. The molecule has 2 atom stereocenters. The molecular weight excluding hydrogens is 735 g/mol. The number of allylic oxidation sites excluding steroid dienone is 2. The Morgan fingerprint density at radius 1 is 0.543 bits per heavy atom. The molecule has 0 radical (unpaired) electrons. The van der Waals surface area contributed by atoms with Crippen LogP contribution < -0.4 is 0 Å². The van der Waals surface area contributed by atoms with Crippen LogP contribution in [0.1, 0.15) is 120 Å². The fraction of sp³-hybridized carbons (Fsp3) is 0.364. The van der Waals surface area contributed by atoms with E-state index in [1.54, 1.807) is 33.4 Å². The molecule has 0 N–H and O–H groups in total. The van der Waals surface area contributed by atoms with Gasteiger partial charge in [-0.05, 0) is 0 Å². The average Bonchev–Trinajstić information content (AvgIpc) is 3.59. The van der Waals surface area contributed by atoms with Crippen LogP contribution in [-0.4, -0.2) is 5.98 Å². The molecule has 0 fully saturated rings. The van der Waals surface area contributed by atoms with Gasteiger partial charge in [0.15, 0.2) is 0 Å². The van der Waals surface area contributed by atoms with Crippen LogP contribution in [0.2, 0.25) is 13.1 Å². The van der Waals surface area contributed by atoms with Crippen molar-refractivity contribution in [2.75, 3.05) is 0 Å². The van der Waals surface area contributed by atoms with E-state index in [9.17, 15) is 0 Å². The fourth-order valence-corrected chi connectivity index (χ4v) is 41.0. The van der Waals surface area contributed by atoms with Gasteiger partial charge in [0.2, 0.25) is 0 Å². The van der Waals surface area contributed by atoms with Gasteiger partial charge in [-0.25, -0.2) is 0 Å². The third kappa shape index (κ3) is 6.10. The van der Waals surface area contributed by atoms with Crippen LogP contribution in [0.15, 0.2) is 96.1 Å². The quantitative estimate of drug-likeness (QED) is 0.133. The number of benzene rings is 4. The average molecular weight is 788 g/mol. The third-order valence-electron chi connectivity index (χ3n) is 10.5. The maximum atomic E-state index is 2.72. The molecule has 0 heterocycles. The SMILES string of the molecule is CCCC1=Cc2c(-c3ccccc3C(C)C)cccc2[CH]1[Hf]([CH]1C(CCC)=Cc2c(-c3ccccc3C(C)C)cccc21)[SiH](C)C. The Bertz CT molecular complexity index is 1640. The molecule has 4 aromatic rings. The second-order valence-electron chi connectivity index (χ2n) is 14.6. The standard InChI is InChI=1S/2C21H23.C2H7Si.Hf/c2*1-4-8-16-13-17-9-7-12-20(21(17)14-16)19-11-6-5-10-18(19)15(2)3;1-3-2;/h2*5-7,9-15H,4,8H2,1-3H3;3H,1-2H3;. The van der Waals surface area contributed by atoms with Crippen LogP contribution in [0.4, 0.5) is 0 Å². The Kier molecular flexibility index (Phi) is 10.4. The summed E-state index contributed by atoms with van der Waals surface area (Å²) in [5.74, 6) is 0.0736. The van der Waals surface area contributed by atoms with Gasteiger partial charge in [0.05, 0.1) is 0 Å². The Balaban J connectivity index is 1.53. The number of hydrogen-bond acceptors (Lipinski definition) is 0. The Labute approximate surface area is 288 Å². The van der Waals surface area contributed by atoms with Gasteiger partial charge in [-0.2, -0.15) is 0 Å². The molecule has 2 aliphatic rings. The predicted octanol–water partition coefficient (Wildman–Crippen LogP) is 13.0. The van der Waals surface area contributed by atoms with E-state index in [0.717, 1.165) is 0 Å². The van der Waals surface area contributed by atoms with E-state index in [1.807, 2.05) is 0 Å². The van der Waals surface area contributed by atoms with E-state index in [-0.39, 0.29) is 0 Å². The number of fused-ring (bicyclic) bond motifs is 2. The summed E-state index contributed by atoms with van der Waals surface area (Å²) in [5.41, 5.74) is 18.7. The van der Waals surface area contributed by atoms with Crippen LogP contribution in [0.5, 0.6) is 0 Å².